The molecule has 1 aliphatic heterocycles. The maximum absolute atomic E-state index is 10.8. The molecule has 0 aromatic heterocycles. The van der Waals surface area contributed by atoms with Crippen molar-refractivity contribution >= 4 is 5.78 Å². The molecule has 0 unspecified atom stereocenters. The fraction of sp³-hybridized carbons (Fsp3) is 0.875. The highest BCUT2D eigenvalue weighted by molar-refractivity contribution is 5.79. The van der Waals surface area contributed by atoms with Crippen LogP contribution >= 0.6 is 0 Å². The smallest absolute Gasteiger partial charge is 0.135 e. The Morgan fingerprint density at radius 2 is 2.09 bits per heavy atom. The van der Waals surface area contributed by atoms with Gasteiger partial charge in [0.1, 0.15) is 5.78 Å². The lowest BCUT2D eigenvalue weighted by molar-refractivity contribution is -0.121. The molecule has 1 heterocycles. The molecule has 1 fully saturated rings. The number of ketones is 1. The number of ether oxygens (including phenoxy) is 1. The Hall–Kier alpha value is -0.410. The molecule has 0 spiro atoms. The molecule has 3 nitrogen and oxygen atoms in total. The lowest BCUT2D eigenvalue weighted by atomic mass is 10.1. The van der Waals surface area contributed by atoms with E-state index >= 15 is 0 Å². The van der Waals surface area contributed by atoms with Gasteiger partial charge in [-0.15, -0.1) is 0 Å². The van der Waals surface area contributed by atoms with Crippen molar-refractivity contribution in [3.05, 3.63) is 0 Å². The maximum Gasteiger partial charge on any atom is 0.135 e. The predicted octanol–water partition coefficient (Wildman–Crippen LogP) is 0.298. The fourth-order valence-corrected chi connectivity index (χ4v) is 1.25. The first-order valence-electron chi connectivity index (χ1n) is 4.06. The van der Waals surface area contributed by atoms with Crippen LogP contribution < -0.4 is 0 Å². The van der Waals surface area contributed by atoms with Crippen LogP contribution in [0.15, 0.2) is 0 Å². The van der Waals surface area contributed by atoms with E-state index in [1.165, 1.54) is 0 Å². The Morgan fingerprint density at radius 1 is 1.45 bits per heavy atom. The number of Topliss-reactive ketones (excluding diaryl/α,β-unsaturated/α-hetero) is 1. The molecule has 64 valence electrons. The number of hydrogen-bond acceptors (Lipinski definition) is 3. The maximum atomic E-state index is 10.8. The Kier molecular flexibility index (Phi) is 3.52. The topological polar surface area (TPSA) is 29.5 Å². The van der Waals surface area contributed by atoms with Gasteiger partial charge in [0.2, 0.25) is 0 Å². The van der Waals surface area contributed by atoms with Crippen molar-refractivity contribution in [2.45, 2.75) is 12.8 Å². The molecule has 0 aromatic carbocycles. The summed E-state index contributed by atoms with van der Waals surface area (Å²) in [6.45, 7) is 3.57. The summed E-state index contributed by atoms with van der Waals surface area (Å²) in [5.41, 5.74) is 0. The molecule has 0 atom stereocenters. The van der Waals surface area contributed by atoms with E-state index in [0.717, 1.165) is 39.1 Å². The fourth-order valence-electron chi connectivity index (χ4n) is 1.25. The molecule has 0 N–H and O–H groups in total. The summed E-state index contributed by atoms with van der Waals surface area (Å²) in [4.78, 5) is 13.1. The van der Waals surface area contributed by atoms with Gasteiger partial charge in [0.25, 0.3) is 0 Å². The van der Waals surface area contributed by atoms with E-state index in [9.17, 15) is 4.79 Å². The van der Waals surface area contributed by atoms with E-state index < -0.39 is 0 Å². The number of nitrogens with zero attached hydrogens (tertiary/aromatic N) is 1. The van der Waals surface area contributed by atoms with Crippen molar-refractivity contribution in [3.8, 4) is 0 Å². The van der Waals surface area contributed by atoms with Gasteiger partial charge in [-0.1, -0.05) is 0 Å². The highest BCUT2D eigenvalue weighted by Gasteiger charge is 2.14. The lowest BCUT2D eigenvalue weighted by Crippen LogP contribution is -2.35. The molecule has 0 bridgehead atoms. The van der Waals surface area contributed by atoms with E-state index in [1.54, 1.807) is 7.11 Å². The first kappa shape index (κ1) is 8.68. The van der Waals surface area contributed by atoms with Crippen molar-refractivity contribution in [1.29, 1.82) is 0 Å². The minimum atomic E-state index is 0.402. The van der Waals surface area contributed by atoms with Crippen LogP contribution in [-0.4, -0.2) is 44.0 Å². The van der Waals surface area contributed by atoms with Gasteiger partial charge in [-0.25, -0.2) is 0 Å². The van der Waals surface area contributed by atoms with Crippen LogP contribution in [0.1, 0.15) is 12.8 Å². The largest absolute Gasteiger partial charge is 0.383 e. The number of methoxy groups -OCH3 is 1. The van der Waals surface area contributed by atoms with Crippen molar-refractivity contribution in [1.82, 2.24) is 4.90 Å². The average molecular weight is 157 g/mol. The van der Waals surface area contributed by atoms with Gasteiger partial charge in [0.05, 0.1) is 6.61 Å². The minimum absolute atomic E-state index is 0.402. The molecule has 0 aromatic rings. The standard InChI is InChI=1S/C8H15NO2/c1-11-7-6-9-4-2-8(10)3-5-9/h2-7H2,1H3. The first-order chi connectivity index (χ1) is 5.33. The second-order valence-electron chi connectivity index (χ2n) is 2.87. The monoisotopic (exact) mass is 157 g/mol. The van der Waals surface area contributed by atoms with E-state index in [4.69, 9.17) is 4.74 Å². The minimum Gasteiger partial charge on any atom is -0.383 e. The number of carbonyl (C=O) groups excluding carboxylic acids is 1. The van der Waals surface area contributed by atoms with Gasteiger partial charge in [-0.05, 0) is 0 Å². The van der Waals surface area contributed by atoms with Gasteiger partial charge in [-0.2, -0.15) is 0 Å². The van der Waals surface area contributed by atoms with Crippen LogP contribution in [0.5, 0.6) is 0 Å². The molecular formula is C8H15NO2. The van der Waals surface area contributed by atoms with Gasteiger partial charge in [0, 0.05) is 39.6 Å². The quantitative estimate of drug-likeness (QED) is 0.590. The number of likely N-dealkylation sites (tertiary alicyclic amines) is 1. The third kappa shape index (κ3) is 2.99. The second kappa shape index (κ2) is 4.46. The van der Waals surface area contributed by atoms with Crippen molar-refractivity contribution in [2.75, 3.05) is 33.4 Å². The predicted molar refractivity (Wildman–Crippen MR) is 42.6 cm³/mol. The van der Waals surface area contributed by atoms with Crippen LogP contribution in [0.2, 0.25) is 0 Å². The SMILES string of the molecule is COCCN1CCC(=O)CC1. The molecule has 1 saturated heterocycles. The third-order valence-electron chi connectivity index (χ3n) is 2.03. The molecule has 11 heavy (non-hydrogen) atoms. The number of piperidine rings is 1. The molecule has 0 amide bonds. The van der Waals surface area contributed by atoms with E-state index in [1.807, 2.05) is 0 Å². The molecule has 0 aliphatic carbocycles. The zero-order valence-electron chi connectivity index (χ0n) is 7.01. The zero-order valence-corrected chi connectivity index (χ0v) is 7.01. The summed E-state index contributed by atoms with van der Waals surface area (Å²) in [6.07, 6.45) is 1.45. The normalized spacial score (nSPS) is 20.6. The third-order valence-corrected chi connectivity index (χ3v) is 2.03. The van der Waals surface area contributed by atoms with E-state index in [-0.39, 0.29) is 0 Å². The van der Waals surface area contributed by atoms with Gasteiger partial charge in [-0.3, -0.25) is 4.79 Å². The number of rotatable bonds is 3. The Labute approximate surface area is 67.3 Å². The Balaban J connectivity index is 2.12. The van der Waals surface area contributed by atoms with E-state index in [2.05, 4.69) is 4.90 Å². The Morgan fingerprint density at radius 3 is 2.64 bits per heavy atom. The molecule has 1 aliphatic rings. The van der Waals surface area contributed by atoms with Crippen LogP contribution in [0.25, 0.3) is 0 Å². The molecular weight excluding hydrogens is 142 g/mol. The van der Waals surface area contributed by atoms with Crippen LogP contribution in [0.3, 0.4) is 0 Å². The summed E-state index contributed by atoms with van der Waals surface area (Å²) >= 11 is 0. The number of carbonyl (C=O) groups is 1. The van der Waals surface area contributed by atoms with Crippen LogP contribution in [-0.2, 0) is 9.53 Å². The van der Waals surface area contributed by atoms with Crippen LogP contribution in [0.4, 0.5) is 0 Å². The summed E-state index contributed by atoms with van der Waals surface area (Å²) in [7, 11) is 1.70. The summed E-state index contributed by atoms with van der Waals surface area (Å²) < 4.78 is 4.94. The Bertz CT molecular complexity index is 126. The van der Waals surface area contributed by atoms with E-state index in [0.29, 0.717) is 5.78 Å². The first-order valence-corrected chi connectivity index (χ1v) is 4.06. The molecule has 3 heteroatoms. The molecule has 1 rings (SSSR count). The molecule has 0 saturated carbocycles. The average Bonchev–Trinajstić information content (AvgIpc) is 2.04. The lowest BCUT2D eigenvalue weighted by Gasteiger charge is -2.24. The van der Waals surface area contributed by atoms with Crippen molar-refractivity contribution in [3.63, 3.8) is 0 Å². The summed E-state index contributed by atoms with van der Waals surface area (Å²) in [5.74, 6) is 0.402. The van der Waals surface area contributed by atoms with Gasteiger partial charge in [0.15, 0.2) is 0 Å². The summed E-state index contributed by atoms with van der Waals surface area (Å²) in [5, 5.41) is 0. The summed E-state index contributed by atoms with van der Waals surface area (Å²) in [6, 6.07) is 0. The second-order valence-corrected chi connectivity index (χ2v) is 2.87. The highest BCUT2D eigenvalue weighted by atomic mass is 16.5. The van der Waals surface area contributed by atoms with Crippen molar-refractivity contribution < 1.29 is 9.53 Å². The van der Waals surface area contributed by atoms with Crippen LogP contribution in [0, 0.1) is 0 Å². The highest BCUT2D eigenvalue weighted by Crippen LogP contribution is 2.04. The molecule has 0 radical (unpaired) electrons. The van der Waals surface area contributed by atoms with Gasteiger partial charge < -0.3 is 9.64 Å². The number of hydrogen-bond donors (Lipinski definition) is 0. The van der Waals surface area contributed by atoms with Crippen molar-refractivity contribution in [2.24, 2.45) is 0 Å². The van der Waals surface area contributed by atoms with Gasteiger partial charge >= 0.3 is 0 Å². The zero-order chi connectivity index (χ0) is 8.10.